The van der Waals surface area contributed by atoms with Gasteiger partial charge in [-0.15, -0.1) is 0 Å². The second-order valence-corrected chi connectivity index (χ2v) is 3.09. The van der Waals surface area contributed by atoms with Crippen molar-refractivity contribution in [2.75, 3.05) is 14.2 Å². The molecule has 0 fully saturated rings. The minimum atomic E-state index is 0.138. The van der Waals surface area contributed by atoms with Gasteiger partial charge >= 0.3 is 0 Å². The highest BCUT2D eigenvalue weighted by Gasteiger charge is 2.32. The van der Waals surface area contributed by atoms with Crippen molar-refractivity contribution in [1.82, 2.24) is 10.1 Å². The van der Waals surface area contributed by atoms with Gasteiger partial charge in [0.2, 0.25) is 0 Å². The van der Waals surface area contributed by atoms with Gasteiger partial charge in [0.25, 0.3) is 5.71 Å². The molecule has 0 bridgehead atoms. The highest BCUT2D eigenvalue weighted by atomic mass is 16.5. The molecule has 1 atom stereocenters. The average molecular weight is 168 g/mol. The van der Waals surface area contributed by atoms with E-state index in [9.17, 15) is 0 Å². The Labute approximate surface area is 73.7 Å². The first-order chi connectivity index (χ1) is 5.57. The molecular weight excluding hydrogens is 152 g/mol. The monoisotopic (exact) mass is 168 g/mol. The van der Waals surface area contributed by atoms with Gasteiger partial charge in [0.1, 0.15) is 0 Å². The summed E-state index contributed by atoms with van der Waals surface area (Å²) >= 11 is 0. The molecule has 0 aromatic rings. The fourth-order valence-electron chi connectivity index (χ4n) is 1.50. The van der Waals surface area contributed by atoms with Crippen molar-refractivity contribution in [2.45, 2.75) is 26.9 Å². The minimum Gasteiger partial charge on any atom is -0.377 e. The smallest absolute Gasteiger partial charge is 0.291 e. The molecule has 3 heteroatoms. The predicted molar refractivity (Wildman–Crippen MR) is 49.7 cm³/mol. The highest BCUT2D eigenvalue weighted by molar-refractivity contribution is 6.00. The van der Waals surface area contributed by atoms with E-state index in [1.807, 2.05) is 25.9 Å². The van der Waals surface area contributed by atoms with E-state index in [2.05, 4.69) is 12.0 Å². The summed E-state index contributed by atoms with van der Waals surface area (Å²) in [5.41, 5.74) is 3.45. The third-order valence-electron chi connectivity index (χ3n) is 2.33. The van der Waals surface area contributed by atoms with Crippen LogP contribution in [0.25, 0.3) is 0 Å². The summed E-state index contributed by atoms with van der Waals surface area (Å²) in [6, 6.07) is 0. The summed E-state index contributed by atoms with van der Waals surface area (Å²) in [6.45, 7) is 6.11. The van der Waals surface area contributed by atoms with Crippen LogP contribution in [0.4, 0.5) is 0 Å². The summed E-state index contributed by atoms with van der Waals surface area (Å²) in [7, 11) is 3.67. The van der Waals surface area contributed by atoms with E-state index in [1.165, 1.54) is 11.3 Å². The third-order valence-corrected chi connectivity index (χ3v) is 2.33. The lowest BCUT2D eigenvalue weighted by Gasteiger charge is -2.08. The van der Waals surface area contributed by atoms with Gasteiger partial charge in [0, 0.05) is 14.0 Å². The van der Waals surface area contributed by atoms with E-state index in [4.69, 9.17) is 4.74 Å². The van der Waals surface area contributed by atoms with Crippen LogP contribution in [0.15, 0.2) is 11.3 Å². The molecule has 0 aromatic heterocycles. The maximum Gasteiger partial charge on any atom is 0.291 e. The molecule has 0 N–H and O–H groups in total. The van der Waals surface area contributed by atoms with Crippen LogP contribution in [0.5, 0.6) is 0 Å². The molecule has 1 unspecified atom stereocenters. The Hall–Kier alpha value is -0.830. The van der Waals surface area contributed by atoms with E-state index < -0.39 is 0 Å². The summed E-state index contributed by atoms with van der Waals surface area (Å²) in [5, 5.41) is 6.21. The van der Waals surface area contributed by atoms with Crippen LogP contribution in [-0.2, 0) is 4.74 Å². The molecule has 1 aliphatic heterocycles. The lowest BCUT2D eigenvalue weighted by molar-refractivity contribution is 0.150. The lowest BCUT2D eigenvalue weighted by atomic mass is 10.1. The Bertz CT molecular complexity index is 243. The standard InChI is InChI=1S/C9H16N2O/c1-6-9(8(3)12-5)7(2)11(4)10-6/h8H,1-5H3/q+1. The van der Waals surface area contributed by atoms with Crippen LogP contribution >= 0.6 is 0 Å². The summed E-state index contributed by atoms with van der Waals surface area (Å²) < 4.78 is 5.26. The Morgan fingerprint density at radius 3 is 2.33 bits per heavy atom. The Balaban J connectivity index is 2.94. The van der Waals surface area contributed by atoms with Crippen LogP contribution < -0.4 is 5.10 Å². The highest BCUT2D eigenvalue weighted by Crippen LogP contribution is 2.18. The molecule has 1 rings (SSSR count). The van der Waals surface area contributed by atoms with Gasteiger partial charge in [-0.3, -0.25) is 0 Å². The van der Waals surface area contributed by atoms with Crippen LogP contribution in [-0.4, -0.2) is 31.0 Å². The fourth-order valence-corrected chi connectivity index (χ4v) is 1.50. The van der Waals surface area contributed by atoms with Gasteiger partial charge in [-0.1, -0.05) is 5.01 Å². The summed E-state index contributed by atoms with van der Waals surface area (Å²) in [6.07, 6.45) is 0.138. The quantitative estimate of drug-likeness (QED) is 0.613. The molecule has 0 aliphatic carbocycles. The van der Waals surface area contributed by atoms with Crippen LogP contribution in [0.1, 0.15) is 20.8 Å². The van der Waals surface area contributed by atoms with Gasteiger partial charge in [0.05, 0.1) is 24.4 Å². The SMILES string of the molecule is COC(C)C1=C(C)N(C)[N+]=C1C. The van der Waals surface area contributed by atoms with E-state index in [1.54, 1.807) is 7.11 Å². The largest absolute Gasteiger partial charge is 0.377 e. The normalized spacial score (nSPS) is 20.1. The number of hydrogen-bond donors (Lipinski definition) is 0. The van der Waals surface area contributed by atoms with E-state index >= 15 is 0 Å². The molecule has 3 nitrogen and oxygen atoms in total. The molecule has 0 amide bonds. The second-order valence-electron chi connectivity index (χ2n) is 3.09. The first-order valence-corrected chi connectivity index (χ1v) is 4.10. The number of nitrogens with zero attached hydrogens (tertiary/aromatic N) is 2. The molecular formula is C9H16N2O+. The van der Waals surface area contributed by atoms with Crippen molar-refractivity contribution in [3.05, 3.63) is 11.3 Å². The number of ether oxygens (including phenoxy) is 1. The molecule has 0 aromatic carbocycles. The zero-order valence-electron chi connectivity index (χ0n) is 8.38. The number of hydrazone groups is 1. The first kappa shape index (κ1) is 9.26. The van der Waals surface area contributed by atoms with Gasteiger partial charge in [0.15, 0.2) is 5.10 Å². The molecule has 1 radical (unpaired) electrons. The number of allylic oxidation sites excluding steroid dienone is 1. The van der Waals surface area contributed by atoms with Crippen molar-refractivity contribution in [3.8, 4) is 0 Å². The molecule has 0 saturated heterocycles. The van der Waals surface area contributed by atoms with Gasteiger partial charge < -0.3 is 4.74 Å². The van der Waals surface area contributed by atoms with E-state index in [0.29, 0.717) is 0 Å². The van der Waals surface area contributed by atoms with Crippen LogP contribution in [0.2, 0.25) is 0 Å². The van der Waals surface area contributed by atoms with Crippen molar-refractivity contribution in [1.29, 1.82) is 0 Å². The zero-order valence-corrected chi connectivity index (χ0v) is 8.38. The minimum absolute atomic E-state index is 0.138. The lowest BCUT2D eigenvalue weighted by Crippen LogP contribution is -2.15. The molecule has 1 aliphatic rings. The fraction of sp³-hybridized carbons (Fsp3) is 0.667. The third kappa shape index (κ3) is 1.37. The average Bonchev–Trinajstić information content (AvgIpc) is 2.26. The Morgan fingerprint density at radius 1 is 1.42 bits per heavy atom. The molecule has 1 heterocycles. The van der Waals surface area contributed by atoms with E-state index in [0.717, 1.165) is 5.71 Å². The number of methoxy groups -OCH3 is 1. The molecule has 0 spiro atoms. The molecule has 12 heavy (non-hydrogen) atoms. The first-order valence-electron chi connectivity index (χ1n) is 4.10. The summed E-state index contributed by atoms with van der Waals surface area (Å²) in [4.78, 5) is 0. The number of hydrogen-bond acceptors (Lipinski definition) is 3. The maximum absolute atomic E-state index is 5.26. The maximum atomic E-state index is 5.26. The topological polar surface area (TPSA) is 26.6 Å². The van der Waals surface area contributed by atoms with Crippen molar-refractivity contribution in [3.63, 3.8) is 0 Å². The van der Waals surface area contributed by atoms with Crippen molar-refractivity contribution >= 4 is 5.71 Å². The van der Waals surface area contributed by atoms with Crippen LogP contribution in [0, 0.1) is 0 Å². The van der Waals surface area contributed by atoms with Gasteiger partial charge in [-0.05, 0) is 13.8 Å². The number of rotatable bonds is 2. The zero-order chi connectivity index (χ0) is 9.30. The predicted octanol–water partition coefficient (Wildman–Crippen LogP) is 0.952. The second kappa shape index (κ2) is 3.27. The van der Waals surface area contributed by atoms with Gasteiger partial charge in [-0.25, -0.2) is 0 Å². The molecule has 67 valence electrons. The van der Waals surface area contributed by atoms with Crippen molar-refractivity contribution in [2.24, 2.45) is 0 Å². The Kier molecular flexibility index (Phi) is 2.52. The molecule has 0 saturated carbocycles. The van der Waals surface area contributed by atoms with Crippen molar-refractivity contribution < 1.29 is 4.74 Å². The van der Waals surface area contributed by atoms with Gasteiger partial charge in [-0.2, -0.15) is 0 Å². The van der Waals surface area contributed by atoms with Crippen LogP contribution in [0.3, 0.4) is 0 Å². The van der Waals surface area contributed by atoms with E-state index in [-0.39, 0.29) is 6.10 Å². The summed E-state index contributed by atoms with van der Waals surface area (Å²) in [5.74, 6) is 0. The Morgan fingerprint density at radius 2 is 2.00 bits per heavy atom.